The van der Waals surface area contributed by atoms with E-state index in [4.69, 9.17) is 10.00 Å². The molecule has 7 heteroatoms. The summed E-state index contributed by atoms with van der Waals surface area (Å²) in [6, 6.07) is 17.3. The maximum absolute atomic E-state index is 12.1. The largest absolute Gasteiger partial charge is 0.452 e. The van der Waals surface area contributed by atoms with Gasteiger partial charge in [0, 0.05) is 60.8 Å². The molecule has 0 aliphatic rings. The van der Waals surface area contributed by atoms with Crippen molar-refractivity contribution in [2.24, 2.45) is 0 Å². The average Bonchev–Trinajstić information content (AvgIpc) is 3.13. The Labute approximate surface area is 181 Å². The topological polar surface area (TPSA) is 87.4 Å². The molecule has 3 aromatic rings. The Kier molecular flexibility index (Phi) is 7.07. The molecule has 0 aliphatic carbocycles. The molecule has 1 N–H and O–H groups in total. The number of hydrogen-bond acceptors (Lipinski definition) is 5. The number of para-hydroxylation sites is 1. The van der Waals surface area contributed by atoms with Crippen LogP contribution in [-0.4, -0.2) is 37.1 Å². The molecule has 0 radical (unpaired) electrons. The van der Waals surface area contributed by atoms with E-state index < -0.39 is 11.9 Å². The van der Waals surface area contributed by atoms with E-state index in [-0.39, 0.29) is 6.61 Å². The summed E-state index contributed by atoms with van der Waals surface area (Å²) in [6.07, 6.45) is 5.26. The lowest BCUT2D eigenvalue weighted by Crippen LogP contribution is -2.20. The number of anilines is 2. The van der Waals surface area contributed by atoms with Crippen LogP contribution in [0.15, 0.2) is 60.8 Å². The normalized spacial score (nSPS) is 10.7. The quantitative estimate of drug-likeness (QED) is 0.446. The number of ether oxygens (including phenoxy) is 1. The van der Waals surface area contributed by atoms with Gasteiger partial charge in [0.25, 0.3) is 5.91 Å². The van der Waals surface area contributed by atoms with Crippen molar-refractivity contribution < 1.29 is 14.3 Å². The maximum Gasteiger partial charge on any atom is 0.331 e. The van der Waals surface area contributed by atoms with Crippen LogP contribution in [0.2, 0.25) is 0 Å². The number of benzene rings is 2. The molecular weight excluding hydrogens is 392 g/mol. The van der Waals surface area contributed by atoms with Crippen LogP contribution in [-0.2, 0) is 20.9 Å². The SMILES string of the molecule is CN(C)c1ccc(NC(=O)COC(=O)/C=C/c2cn(CCC#N)c3ccccc23)cc1. The number of amides is 1. The lowest BCUT2D eigenvalue weighted by atomic mass is 10.1. The molecule has 2 aromatic carbocycles. The van der Waals surface area contributed by atoms with E-state index in [9.17, 15) is 9.59 Å². The molecule has 31 heavy (non-hydrogen) atoms. The molecule has 0 spiro atoms. The van der Waals surface area contributed by atoms with E-state index >= 15 is 0 Å². The summed E-state index contributed by atoms with van der Waals surface area (Å²) in [4.78, 5) is 26.1. The summed E-state index contributed by atoms with van der Waals surface area (Å²) < 4.78 is 7.03. The van der Waals surface area contributed by atoms with Crippen LogP contribution in [0.3, 0.4) is 0 Å². The van der Waals surface area contributed by atoms with Crippen LogP contribution in [0, 0.1) is 11.3 Å². The fraction of sp³-hybridized carbons (Fsp3) is 0.208. The number of aromatic nitrogens is 1. The van der Waals surface area contributed by atoms with Gasteiger partial charge in [0.05, 0.1) is 12.5 Å². The van der Waals surface area contributed by atoms with E-state index in [2.05, 4.69) is 11.4 Å². The van der Waals surface area contributed by atoms with Crippen LogP contribution < -0.4 is 10.2 Å². The molecule has 158 valence electrons. The van der Waals surface area contributed by atoms with Crippen molar-refractivity contribution in [2.45, 2.75) is 13.0 Å². The molecule has 0 saturated carbocycles. The fourth-order valence-electron chi connectivity index (χ4n) is 3.15. The Hall–Kier alpha value is -4.05. The average molecular weight is 416 g/mol. The monoisotopic (exact) mass is 416 g/mol. The summed E-state index contributed by atoms with van der Waals surface area (Å²) in [6.45, 7) is 0.202. The number of rotatable bonds is 8. The predicted octanol–water partition coefficient (Wildman–Crippen LogP) is 3.82. The third-order valence-electron chi connectivity index (χ3n) is 4.70. The number of fused-ring (bicyclic) bond motifs is 1. The van der Waals surface area contributed by atoms with Crippen LogP contribution in [0.25, 0.3) is 17.0 Å². The second kappa shape index (κ2) is 10.1. The van der Waals surface area contributed by atoms with Crippen molar-refractivity contribution in [3.05, 3.63) is 66.4 Å². The third-order valence-corrected chi connectivity index (χ3v) is 4.70. The number of carbonyl (C=O) groups is 2. The first kappa shape index (κ1) is 21.7. The first-order valence-corrected chi connectivity index (χ1v) is 9.85. The summed E-state index contributed by atoms with van der Waals surface area (Å²) in [7, 11) is 3.87. The smallest absolute Gasteiger partial charge is 0.331 e. The Morgan fingerprint density at radius 1 is 1.16 bits per heavy atom. The van der Waals surface area contributed by atoms with Gasteiger partial charge in [-0.25, -0.2) is 4.79 Å². The van der Waals surface area contributed by atoms with Gasteiger partial charge in [0.2, 0.25) is 0 Å². The molecule has 0 atom stereocenters. The number of esters is 1. The lowest BCUT2D eigenvalue weighted by molar-refractivity contribution is -0.142. The van der Waals surface area contributed by atoms with Crippen molar-refractivity contribution in [1.29, 1.82) is 5.26 Å². The van der Waals surface area contributed by atoms with E-state index in [0.29, 0.717) is 18.7 Å². The molecule has 0 saturated heterocycles. The second-order valence-corrected chi connectivity index (χ2v) is 7.13. The zero-order chi connectivity index (χ0) is 22.2. The van der Waals surface area contributed by atoms with Gasteiger partial charge in [-0.1, -0.05) is 18.2 Å². The van der Waals surface area contributed by atoms with Crippen LogP contribution in [0.4, 0.5) is 11.4 Å². The number of hydrogen-bond donors (Lipinski definition) is 1. The zero-order valence-electron chi connectivity index (χ0n) is 17.5. The van der Waals surface area contributed by atoms with Crippen LogP contribution in [0.5, 0.6) is 0 Å². The number of nitriles is 1. The first-order chi connectivity index (χ1) is 15.0. The van der Waals surface area contributed by atoms with Gasteiger partial charge < -0.3 is 19.5 Å². The number of nitrogens with zero attached hydrogens (tertiary/aromatic N) is 3. The van der Waals surface area contributed by atoms with Gasteiger partial charge in [-0.2, -0.15) is 5.26 Å². The minimum absolute atomic E-state index is 0.372. The highest BCUT2D eigenvalue weighted by Gasteiger charge is 2.08. The Bertz CT molecular complexity index is 1140. The minimum Gasteiger partial charge on any atom is -0.452 e. The molecule has 3 rings (SSSR count). The van der Waals surface area contributed by atoms with Gasteiger partial charge in [-0.3, -0.25) is 4.79 Å². The summed E-state index contributed by atoms with van der Waals surface area (Å²) >= 11 is 0. The summed E-state index contributed by atoms with van der Waals surface area (Å²) in [5.74, 6) is -1.01. The number of carbonyl (C=O) groups excluding carboxylic acids is 2. The third kappa shape index (κ3) is 5.73. The Morgan fingerprint density at radius 2 is 1.90 bits per heavy atom. The molecular formula is C24H24N4O3. The van der Waals surface area contributed by atoms with Crippen LogP contribution in [0.1, 0.15) is 12.0 Å². The van der Waals surface area contributed by atoms with Gasteiger partial charge in [-0.05, 0) is 36.4 Å². The lowest BCUT2D eigenvalue weighted by Gasteiger charge is -2.13. The Balaban J connectivity index is 1.57. The molecule has 7 nitrogen and oxygen atoms in total. The van der Waals surface area contributed by atoms with Gasteiger partial charge >= 0.3 is 5.97 Å². The molecule has 0 fully saturated rings. The molecule has 0 aliphatic heterocycles. The molecule has 0 unspecified atom stereocenters. The van der Waals surface area contributed by atoms with Gasteiger partial charge in [0.1, 0.15) is 0 Å². The van der Waals surface area contributed by atoms with E-state index in [0.717, 1.165) is 22.2 Å². The van der Waals surface area contributed by atoms with Gasteiger partial charge in [-0.15, -0.1) is 0 Å². The fourth-order valence-corrected chi connectivity index (χ4v) is 3.15. The van der Waals surface area contributed by atoms with Crippen molar-refractivity contribution >= 4 is 40.2 Å². The molecule has 1 aromatic heterocycles. The Morgan fingerprint density at radius 3 is 2.61 bits per heavy atom. The number of nitrogens with one attached hydrogen (secondary N) is 1. The van der Waals surface area contributed by atoms with Crippen molar-refractivity contribution in [3.8, 4) is 6.07 Å². The summed E-state index contributed by atoms with van der Waals surface area (Å²) in [5, 5.41) is 12.5. The highest BCUT2D eigenvalue weighted by molar-refractivity contribution is 5.96. The summed E-state index contributed by atoms with van der Waals surface area (Å²) in [5.41, 5.74) is 3.48. The number of aryl methyl sites for hydroxylation is 1. The zero-order valence-corrected chi connectivity index (χ0v) is 17.5. The van der Waals surface area contributed by atoms with Crippen molar-refractivity contribution in [3.63, 3.8) is 0 Å². The molecule has 1 amide bonds. The molecule has 0 bridgehead atoms. The maximum atomic E-state index is 12.1. The van der Waals surface area contributed by atoms with Gasteiger partial charge in [0.15, 0.2) is 6.61 Å². The predicted molar refractivity (Wildman–Crippen MR) is 122 cm³/mol. The highest BCUT2D eigenvalue weighted by atomic mass is 16.5. The van der Waals surface area contributed by atoms with Crippen molar-refractivity contribution in [2.75, 3.05) is 30.9 Å². The standard InChI is InChI=1S/C24H24N4O3/c1-27(2)20-11-9-19(10-12-20)26-23(29)17-31-24(30)13-8-18-16-28(15-5-14-25)22-7-4-3-6-21(18)22/h3-4,6-13,16H,5,15,17H2,1-2H3,(H,26,29)/b13-8+. The second-order valence-electron chi connectivity index (χ2n) is 7.13. The van der Waals surface area contributed by atoms with E-state index in [1.807, 2.05) is 66.2 Å². The van der Waals surface area contributed by atoms with Crippen LogP contribution >= 0.6 is 0 Å². The van der Waals surface area contributed by atoms with E-state index in [1.165, 1.54) is 6.08 Å². The van der Waals surface area contributed by atoms with Crippen molar-refractivity contribution in [1.82, 2.24) is 4.57 Å². The first-order valence-electron chi connectivity index (χ1n) is 9.85. The molecule has 1 heterocycles. The van der Waals surface area contributed by atoms with E-state index in [1.54, 1.807) is 18.2 Å². The minimum atomic E-state index is -0.605. The highest BCUT2D eigenvalue weighted by Crippen LogP contribution is 2.23.